The summed E-state index contributed by atoms with van der Waals surface area (Å²) in [5.41, 5.74) is 0. The molecule has 3 aromatic rings. The molecule has 43 heavy (non-hydrogen) atoms. The molecule has 232 valence electrons. The predicted octanol–water partition coefficient (Wildman–Crippen LogP) is 9.54. The number of unbranched alkanes of at least 4 members (excludes halogenated alkanes) is 6. The molecule has 0 fully saturated rings. The first-order chi connectivity index (χ1) is 20.9. The summed E-state index contributed by atoms with van der Waals surface area (Å²) < 4.78 is 24.2. The molecule has 2 atom stereocenters. The van der Waals surface area contributed by atoms with Crippen molar-refractivity contribution in [1.29, 1.82) is 0 Å². The van der Waals surface area contributed by atoms with Crippen molar-refractivity contribution in [2.75, 3.05) is 13.2 Å². The van der Waals surface area contributed by atoms with Gasteiger partial charge >= 0.3 is 11.9 Å². The van der Waals surface area contributed by atoms with E-state index in [1.165, 1.54) is 12.2 Å². The van der Waals surface area contributed by atoms with Crippen molar-refractivity contribution < 1.29 is 28.5 Å². The van der Waals surface area contributed by atoms with E-state index < -0.39 is 24.1 Å². The molecule has 0 aliphatic heterocycles. The molecule has 0 radical (unpaired) electrons. The molecule has 7 heteroatoms. The average Bonchev–Trinajstić information content (AvgIpc) is 3.02. The highest BCUT2D eigenvalue weighted by atomic mass is 35.5. The zero-order valence-corrected chi connectivity index (χ0v) is 26.3. The van der Waals surface area contributed by atoms with Crippen LogP contribution in [-0.2, 0) is 19.1 Å². The maximum absolute atomic E-state index is 12.1. The highest BCUT2D eigenvalue weighted by molar-refractivity contribution is 6.31. The van der Waals surface area contributed by atoms with Crippen LogP contribution in [0.1, 0.15) is 78.1 Å². The standard InChI is InChI=1S/C36H45ClO6/c1-5-9-11-13-17-27(42-33(38)7-3)24-40-35-29-19-15-16-20-30(29)36(32-23-26(37)21-22-31(32)35)41-25-28(43-34(39)8-4)18-14-12-10-6-2/h7-8,15-16,19-23,27-28H,3-6,9-14,17-18,24-25H2,1-2H3. The Hall–Kier alpha value is -3.51. The Morgan fingerprint density at radius 3 is 1.63 bits per heavy atom. The van der Waals surface area contributed by atoms with Gasteiger partial charge in [-0.1, -0.05) is 101 Å². The molecule has 0 N–H and O–H groups in total. The predicted molar refractivity (Wildman–Crippen MR) is 175 cm³/mol. The van der Waals surface area contributed by atoms with Gasteiger partial charge in [-0.05, 0) is 43.9 Å². The summed E-state index contributed by atoms with van der Waals surface area (Å²) in [4.78, 5) is 24.2. The Kier molecular flexibility index (Phi) is 14.4. The highest BCUT2D eigenvalue weighted by Gasteiger charge is 2.21. The molecule has 0 bridgehead atoms. The number of hydrogen-bond acceptors (Lipinski definition) is 6. The van der Waals surface area contributed by atoms with Crippen LogP contribution in [-0.4, -0.2) is 37.4 Å². The van der Waals surface area contributed by atoms with Gasteiger partial charge in [-0.3, -0.25) is 0 Å². The smallest absolute Gasteiger partial charge is 0.330 e. The van der Waals surface area contributed by atoms with Gasteiger partial charge in [0.05, 0.1) is 0 Å². The van der Waals surface area contributed by atoms with E-state index in [0.717, 1.165) is 72.9 Å². The number of benzene rings is 3. The summed E-state index contributed by atoms with van der Waals surface area (Å²) in [5, 5.41) is 3.86. The number of carbonyl (C=O) groups excluding carboxylic acids is 2. The molecule has 0 heterocycles. The second-order valence-corrected chi connectivity index (χ2v) is 11.2. The first-order valence-electron chi connectivity index (χ1n) is 15.5. The maximum Gasteiger partial charge on any atom is 0.330 e. The summed E-state index contributed by atoms with van der Waals surface area (Å²) in [5.74, 6) is 0.377. The average molecular weight is 609 g/mol. The fourth-order valence-electron chi connectivity index (χ4n) is 5.11. The summed E-state index contributed by atoms with van der Waals surface area (Å²) in [6, 6.07) is 13.4. The molecule has 3 aromatic carbocycles. The minimum absolute atomic E-state index is 0.189. The zero-order valence-electron chi connectivity index (χ0n) is 25.6. The number of fused-ring (bicyclic) bond motifs is 2. The molecule has 0 saturated heterocycles. The van der Waals surface area contributed by atoms with Gasteiger partial charge in [0.2, 0.25) is 0 Å². The van der Waals surface area contributed by atoms with Crippen molar-refractivity contribution in [3.8, 4) is 11.5 Å². The lowest BCUT2D eigenvalue weighted by Gasteiger charge is -2.23. The van der Waals surface area contributed by atoms with Crippen molar-refractivity contribution in [2.45, 2.75) is 90.3 Å². The van der Waals surface area contributed by atoms with E-state index in [0.29, 0.717) is 29.4 Å². The third-order valence-electron chi connectivity index (χ3n) is 7.37. The van der Waals surface area contributed by atoms with Crippen LogP contribution < -0.4 is 9.47 Å². The first-order valence-corrected chi connectivity index (χ1v) is 15.8. The van der Waals surface area contributed by atoms with Gasteiger partial charge in [0.25, 0.3) is 0 Å². The minimum Gasteiger partial charge on any atom is -0.488 e. The third kappa shape index (κ3) is 10.3. The van der Waals surface area contributed by atoms with Crippen LogP contribution in [0.3, 0.4) is 0 Å². The molecule has 0 aromatic heterocycles. The van der Waals surface area contributed by atoms with Gasteiger partial charge in [-0.25, -0.2) is 9.59 Å². The first kappa shape index (κ1) is 34.0. The molecule has 2 unspecified atom stereocenters. The van der Waals surface area contributed by atoms with Crippen LogP contribution in [0.2, 0.25) is 5.02 Å². The van der Waals surface area contributed by atoms with Gasteiger partial charge in [0, 0.05) is 38.7 Å². The maximum atomic E-state index is 12.1. The minimum atomic E-state index is -0.466. The van der Waals surface area contributed by atoms with Crippen LogP contribution in [0, 0.1) is 0 Å². The number of esters is 2. The lowest BCUT2D eigenvalue weighted by atomic mass is 10.0. The van der Waals surface area contributed by atoms with E-state index in [4.69, 9.17) is 30.5 Å². The monoisotopic (exact) mass is 608 g/mol. The van der Waals surface area contributed by atoms with E-state index in [-0.39, 0.29) is 13.2 Å². The third-order valence-corrected chi connectivity index (χ3v) is 7.61. The summed E-state index contributed by atoms with van der Waals surface area (Å²) in [7, 11) is 0. The Morgan fingerprint density at radius 2 is 1.16 bits per heavy atom. The van der Waals surface area contributed by atoms with Crippen molar-refractivity contribution in [3.05, 3.63) is 72.8 Å². The van der Waals surface area contributed by atoms with Crippen molar-refractivity contribution in [2.24, 2.45) is 0 Å². The molecule has 0 amide bonds. The number of hydrogen-bond donors (Lipinski definition) is 0. The van der Waals surface area contributed by atoms with Crippen molar-refractivity contribution >= 4 is 45.1 Å². The van der Waals surface area contributed by atoms with Gasteiger partial charge < -0.3 is 18.9 Å². The van der Waals surface area contributed by atoms with Gasteiger partial charge in [0.1, 0.15) is 36.9 Å². The summed E-state index contributed by atoms with van der Waals surface area (Å²) >= 11 is 6.48. The highest BCUT2D eigenvalue weighted by Crippen LogP contribution is 2.44. The van der Waals surface area contributed by atoms with Crippen LogP contribution in [0.25, 0.3) is 21.5 Å². The quantitative estimate of drug-likeness (QED) is 0.0550. The normalized spacial score (nSPS) is 12.4. The SMILES string of the molecule is C=CC(=O)OC(CCCCCC)COc1c2ccccc2c(OCC(CCCCCC)OC(=O)C=C)c2cc(Cl)ccc12. The molecule has 6 nitrogen and oxygen atoms in total. The number of carbonyl (C=O) groups is 2. The number of ether oxygens (including phenoxy) is 4. The molecular formula is C36H45ClO6. The summed E-state index contributed by atoms with van der Waals surface area (Å²) in [6.07, 6.45) is 11.4. The second kappa shape index (κ2) is 18.2. The van der Waals surface area contributed by atoms with E-state index in [1.807, 2.05) is 42.5 Å². The van der Waals surface area contributed by atoms with E-state index in [9.17, 15) is 9.59 Å². The van der Waals surface area contributed by atoms with E-state index in [2.05, 4.69) is 27.0 Å². The van der Waals surface area contributed by atoms with Gasteiger partial charge in [-0.15, -0.1) is 0 Å². The Labute approximate surface area is 261 Å². The second-order valence-electron chi connectivity index (χ2n) is 10.7. The molecular weight excluding hydrogens is 564 g/mol. The van der Waals surface area contributed by atoms with Crippen molar-refractivity contribution in [1.82, 2.24) is 0 Å². The van der Waals surface area contributed by atoms with Crippen molar-refractivity contribution in [3.63, 3.8) is 0 Å². The Morgan fingerprint density at radius 1 is 0.698 bits per heavy atom. The molecule has 0 aliphatic carbocycles. The number of halogens is 1. The van der Waals surface area contributed by atoms with Crippen LogP contribution in [0.15, 0.2) is 67.8 Å². The fourth-order valence-corrected chi connectivity index (χ4v) is 5.28. The molecule has 0 saturated carbocycles. The molecule has 3 rings (SSSR count). The lowest BCUT2D eigenvalue weighted by Crippen LogP contribution is -2.25. The van der Waals surface area contributed by atoms with Gasteiger partial charge in [-0.2, -0.15) is 0 Å². The van der Waals surface area contributed by atoms with Gasteiger partial charge in [0.15, 0.2) is 0 Å². The summed E-state index contributed by atoms with van der Waals surface area (Å²) in [6.45, 7) is 11.8. The molecule has 0 aliphatic rings. The van der Waals surface area contributed by atoms with Crippen LogP contribution in [0.5, 0.6) is 11.5 Å². The largest absolute Gasteiger partial charge is 0.488 e. The number of rotatable bonds is 20. The lowest BCUT2D eigenvalue weighted by molar-refractivity contribution is -0.145. The van der Waals surface area contributed by atoms with E-state index >= 15 is 0 Å². The van der Waals surface area contributed by atoms with Crippen LogP contribution in [0.4, 0.5) is 0 Å². The topological polar surface area (TPSA) is 71.1 Å². The fraction of sp³-hybridized carbons (Fsp3) is 0.444. The van der Waals surface area contributed by atoms with Crippen LogP contribution >= 0.6 is 11.6 Å². The van der Waals surface area contributed by atoms with E-state index in [1.54, 1.807) is 0 Å². The molecule has 0 spiro atoms. The zero-order chi connectivity index (χ0) is 31.0. The Bertz CT molecular complexity index is 1370. The Balaban J connectivity index is 1.95.